The van der Waals surface area contributed by atoms with Crippen molar-refractivity contribution in [3.05, 3.63) is 23.5 Å². The molecule has 1 rings (SSSR count). The van der Waals surface area contributed by atoms with E-state index in [9.17, 15) is 0 Å². The van der Waals surface area contributed by atoms with Crippen molar-refractivity contribution in [2.45, 2.75) is 47.2 Å². The van der Waals surface area contributed by atoms with Gasteiger partial charge in [-0.3, -0.25) is 4.98 Å². The number of hydrogen-bond donors (Lipinski definition) is 1. The second kappa shape index (κ2) is 6.60. The maximum Gasteiger partial charge on any atom is 0.0445 e. The molecule has 0 saturated heterocycles. The van der Waals surface area contributed by atoms with E-state index in [4.69, 9.17) is 0 Å². The Morgan fingerprint density at radius 2 is 1.94 bits per heavy atom. The minimum absolute atomic E-state index is 0.501. The molecule has 0 aliphatic rings. The Hall–Kier alpha value is -1.09. The Morgan fingerprint density at radius 3 is 2.47 bits per heavy atom. The number of pyridine rings is 1. The molecule has 3 nitrogen and oxygen atoms in total. The molecular weight excluding hydrogens is 210 g/mol. The molecule has 1 aromatic rings. The van der Waals surface area contributed by atoms with E-state index < -0.39 is 0 Å². The van der Waals surface area contributed by atoms with Crippen LogP contribution in [0.2, 0.25) is 0 Å². The van der Waals surface area contributed by atoms with Crippen LogP contribution in [0.1, 0.15) is 39.0 Å². The fraction of sp³-hybridized carbons (Fsp3) is 0.643. The highest BCUT2D eigenvalue weighted by atomic mass is 15.1. The monoisotopic (exact) mass is 235 g/mol. The predicted octanol–water partition coefficient (Wildman–Crippen LogP) is 2.73. The molecule has 1 N–H and O–H groups in total. The summed E-state index contributed by atoms with van der Waals surface area (Å²) < 4.78 is 0. The summed E-state index contributed by atoms with van der Waals surface area (Å²) in [6.07, 6.45) is 2.00. The van der Waals surface area contributed by atoms with E-state index in [2.05, 4.69) is 49.0 Å². The summed E-state index contributed by atoms with van der Waals surface area (Å²) in [7, 11) is 0. The highest BCUT2D eigenvalue weighted by molar-refractivity contribution is 5.53. The first-order valence-electron chi connectivity index (χ1n) is 6.52. The zero-order chi connectivity index (χ0) is 12.8. The first kappa shape index (κ1) is 14.0. The second-order valence-electron chi connectivity index (χ2n) is 4.66. The summed E-state index contributed by atoms with van der Waals surface area (Å²) >= 11 is 0. The molecule has 0 fully saturated rings. The quantitative estimate of drug-likeness (QED) is 0.821. The maximum absolute atomic E-state index is 4.40. The molecule has 17 heavy (non-hydrogen) atoms. The molecule has 0 bridgehead atoms. The van der Waals surface area contributed by atoms with Gasteiger partial charge in [0.15, 0.2) is 0 Å². The van der Waals surface area contributed by atoms with Crippen LogP contribution in [0.3, 0.4) is 0 Å². The van der Waals surface area contributed by atoms with Crippen molar-refractivity contribution in [3.63, 3.8) is 0 Å². The highest BCUT2D eigenvalue weighted by Gasteiger charge is 2.09. The summed E-state index contributed by atoms with van der Waals surface area (Å²) in [6, 6.07) is 2.69. The minimum atomic E-state index is 0.501. The molecule has 0 aliphatic carbocycles. The van der Waals surface area contributed by atoms with E-state index in [0.29, 0.717) is 6.04 Å². The van der Waals surface area contributed by atoms with Gasteiger partial charge in [-0.1, -0.05) is 13.8 Å². The van der Waals surface area contributed by atoms with Gasteiger partial charge >= 0.3 is 0 Å². The first-order valence-corrected chi connectivity index (χ1v) is 6.52. The van der Waals surface area contributed by atoms with Crippen LogP contribution in [0, 0.1) is 6.92 Å². The second-order valence-corrected chi connectivity index (χ2v) is 4.66. The van der Waals surface area contributed by atoms with Gasteiger partial charge in [0, 0.05) is 48.8 Å². The van der Waals surface area contributed by atoms with Crippen LogP contribution >= 0.6 is 0 Å². The number of rotatable bonds is 6. The fourth-order valence-electron chi connectivity index (χ4n) is 1.88. The summed E-state index contributed by atoms with van der Waals surface area (Å²) in [5.41, 5.74) is 3.68. The van der Waals surface area contributed by atoms with Gasteiger partial charge in [-0.15, -0.1) is 0 Å². The SMILES string of the molecule is CCN(CC)c1cc(C)ncc1CNC(C)C. The molecule has 0 unspecified atom stereocenters. The first-order chi connectivity index (χ1) is 8.08. The van der Waals surface area contributed by atoms with Crippen LogP contribution in [0.15, 0.2) is 12.3 Å². The standard InChI is InChI=1S/C14H25N3/c1-6-17(7-2)14-8-12(5)16-10-13(14)9-15-11(3)4/h8,10-11,15H,6-7,9H2,1-5H3. The van der Waals surface area contributed by atoms with Gasteiger partial charge in [-0.25, -0.2) is 0 Å². The topological polar surface area (TPSA) is 28.2 Å². The third-order valence-corrected chi connectivity index (χ3v) is 2.90. The molecule has 0 radical (unpaired) electrons. The lowest BCUT2D eigenvalue weighted by atomic mass is 10.1. The van der Waals surface area contributed by atoms with Gasteiger partial charge in [0.25, 0.3) is 0 Å². The Labute approximate surface area is 105 Å². The van der Waals surface area contributed by atoms with Crippen molar-refractivity contribution < 1.29 is 0 Å². The molecule has 0 aliphatic heterocycles. The number of anilines is 1. The van der Waals surface area contributed by atoms with Crippen molar-refractivity contribution in [1.29, 1.82) is 0 Å². The van der Waals surface area contributed by atoms with Crippen molar-refractivity contribution in [3.8, 4) is 0 Å². The third-order valence-electron chi connectivity index (χ3n) is 2.90. The van der Waals surface area contributed by atoms with Crippen LogP contribution in [0.4, 0.5) is 5.69 Å². The lowest BCUT2D eigenvalue weighted by Gasteiger charge is -2.24. The number of aromatic nitrogens is 1. The summed E-state index contributed by atoms with van der Waals surface area (Å²) in [5.74, 6) is 0. The Kier molecular flexibility index (Phi) is 5.42. The van der Waals surface area contributed by atoms with Gasteiger partial charge in [-0.2, -0.15) is 0 Å². The van der Waals surface area contributed by atoms with Crippen LogP contribution in [-0.4, -0.2) is 24.1 Å². The highest BCUT2D eigenvalue weighted by Crippen LogP contribution is 2.20. The number of aryl methyl sites for hydroxylation is 1. The smallest absolute Gasteiger partial charge is 0.0445 e. The van der Waals surface area contributed by atoms with Crippen molar-refractivity contribution in [2.75, 3.05) is 18.0 Å². The molecule has 0 atom stereocenters. The van der Waals surface area contributed by atoms with E-state index in [-0.39, 0.29) is 0 Å². The van der Waals surface area contributed by atoms with E-state index in [0.717, 1.165) is 25.3 Å². The molecule has 0 aromatic carbocycles. The van der Waals surface area contributed by atoms with Gasteiger partial charge in [0.1, 0.15) is 0 Å². The molecule has 1 aromatic heterocycles. The summed E-state index contributed by atoms with van der Waals surface area (Å²) in [5, 5.41) is 3.46. The molecule has 0 spiro atoms. The van der Waals surface area contributed by atoms with E-state index in [1.54, 1.807) is 0 Å². The Morgan fingerprint density at radius 1 is 1.29 bits per heavy atom. The summed E-state index contributed by atoms with van der Waals surface area (Å²) in [6.45, 7) is 13.7. The van der Waals surface area contributed by atoms with E-state index in [1.807, 2.05) is 13.1 Å². The zero-order valence-corrected chi connectivity index (χ0v) is 11.7. The summed E-state index contributed by atoms with van der Waals surface area (Å²) in [4.78, 5) is 6.78. The predicted molar refractivity (Wildman–Crippen MR) is 74.5 cm³/mol. The van der Waals surface area contributed by atoms with Gasteiger partial charge < -0.3 is 10.2 Å². The molecule has 3 heteroatoms. The molecular formula is C14H25N3. The van der Waals surface area contributed by atoms with Gasteiger partial charge in [0.05, 0.1) is 0 Å². The Balaban J connectivity index is 2.94. The van der Waals surface area contributed by atoms with Gasteiger partial charge in [0.2, 0.25) is 0 Å². The van der Waals surface area contributed by atoms with Crippen molar-refractivity contribution in [1.82, 2.24) is 10.3 Å². The van der Waals surface area contributed by atoms with Crippen molar-refractivity contribution >= 4 is 5.69 Å². The zero-order valence-electron chi connectivity index (χ0n) is 11.7. The van der Waals surface area contributed by atoms with Crippen LogP contribution < -0.4 is 10.2 Å². The van der Waals surface area contributed by atoms with Crippen molar-refractivity contribution in [2.24, 2.45) is 0 Å². The largest absolute Gasteiger partial charge is 0.372 e. The third kappa shape index (κ3) is 4.00. The molecule has 0 saturated carbocycles. The van der Waals surface area contributed by atoms with E-state index in [1.165, 1.54) is 11.3 Å². The minimum Gasteiger partial charge on any atom is -0.372 e. The Bertz CT molecular complexity index is 343. The average Bonchev–Trinajstić information content (AvgIpc) is 2.29. The number of nitrogens with zero attached hydrogens (tertiary/aromatic N) is 2. The van der Waals surface area contributed by atoms with E-state index >= 15 is 0 Å². The molecule has 0 amide bonds. The maximum atomic E-state index is 4.40. The molecule has 1 heterocycles. The molecule has 96 valence electrons. The number of nitrogens with one attached hydrogen (secondary N) is 1. The lowest BCUT2D eigenvalue weighted by molar-refractivity contribution is 0.587. The van der Waals surface area contributed by atoms with Crippen LogP contribution in [0.25, 0.3) is 0 Å². The van der Waals surface area contributed by atoms with Crippen LogP contribution in [0.5, 0.6) is 0 Å². The lowest BCUT2D eigenvalue weighted by Crippen LogP contribution is -2.27. The average molecular weight is 235 g/mol. The van der Waals surface area contributed by atoms with Gasteiger partial charge in [-0.05, 0) is 26.8 Å². The normalized spacial score (nSPS) is 10.9. The van der Waals surface area contributed by atoms with Crippen LogP contribution in [-0.2, 0) is 6.54 Å². The number of hydrogen-bond acceptors (Lipinski definition) is 3. The fourth-order valence-corrected chi connectivity index (χ4v) is 1.88.